The minimum Gasteiger partial charge on any atom is -0.444 e. The first-order valence-corrected chi connectivity index (χ1v) is 4.28. The Morgan fingerprint density at radius 3 is 2.36 bits per heavy atom. The molecule has 1 amide bonds. The summed E-state index contributed by atoms with van der Waals surface area (Å²) in [4.78, 5) is 13.1. The Hall–Kier alpha value is 0.374. The molecule has 0 aromatic heterocycles. The van der Waals surface area contributed by atoms with Crippen LogP contribution in [0, 0.1) is 13.8 Å². The fourth-order valence-corrected chi connectivity index (χ4v) is 1.08. The van der Waals surface area contributed by atoms with Gasteiger partial charge in [0.25, 0.3) is 0 Å². The molecule has 3 nitrogen and oxygen atoms in total. The smallest absolute Gasteiger partial charge is 0.407 e. The molecular formula is C10H19NO2Y-2. The normalized spacial score (nSPS) is 15.5. The standard InChI is InChI=1S/C9H16NO2.CH3.Y/c1-9(2,3)12-8(11)10-6-4-5-7-10;;/h4H,5-7H2,1-3H3;1H3;/q2*-1;. The van der Waals surface area contributed by atoms with Crippen molar-refractivity contribution in [3.05, 3.63) is 13.8 Å². The van der Waals surface area contributed by atoms with Crippen LogP contribution >= 0.6 is 0 Å². The minimum absolute atomic E-state index is 0. The van der Waals surface area contributed by atoms with Crippen LogP contribution in [0.15, 0.2) is 0 Å². The first kappa shape index (κ1) is 16.8. The molecule has 81 valence electrons. The zero-order chi connectivity index (χ0) is 9.19. The van der Waals surface area contributed by atoms with E-state index in [1.807, 2.05) is 20.8 Å². The van der Waals surface area contributed by atoms with Crippen LogP contribution in [-0.4, -0.2) is 29.7 Å². The molecular weight excluding hydrogens is 255 g/mol. The molecule has 0 aliphatic carbocycles. The number of nitrogens with zero attached hydrogens (tertiary/aromatic N) is 1. The van der Waals surface area contributed by atoms with E-state index in [0.717, 1.165) is 19.5 Å². The average molecular weight is 274 g/mol. The van der Waals surface area contributed by atoms with Gasteiger partial charge in [0.15, 0.2) is 0 Å². The second-order valence-corrected chi connectivity index (χ2v) is 4.00. The number of carbonyl (C=O) groups is 1. The van der Waals surface area contributed by atoms with E-state index >= 15 is 0 Å². The van der Waals surface area contributed by atoms with Crippen LogP contribution in [0.5, 0.6) is 0 Å². The predicted octanol–water partition coefficient (Wildman–Crippen LogP) is 2.28. The molecule has 0 unspecified atom stereocenters. The van der Waals surface area contributed by atoms with Crippen LogP contribution in [-0.2, 0) is 37.4 Å². The molecule has 4 heteroatoms. The van der Waals surface area contributed by atoms with E-state index in [2.05, 4.69) is 6.42 Å². The van der Waals surface area contributed by atoms with Gasteiger partial charge in [-0.15, -0.1) is 0 Å². The average Bonchev–Trinajstić information content (AvgIpc) is 2.32. The molecule has 1 aliphatic heterocycles. The summed E-state index contributed by atoms with van der Waals surface area (Å²) in [5.74, 6) is 0. The van der Waals surface area contributed by atoms with Gasteiger partial charge >= 0.3 is 6.09 Å². The van der Waals surface area contributed by atoms with Gasteiger partial charge in [-0.05, 0) is 27.3 Å². The molecule has 0 spiro atoms. The van der Waals surface area contributed by atoms with Gasteiger partial charge in [0.2, 0.25) is 0 Å². The molecule has 1 heterocycles. The molecule has 0 atom stereocenters. The molecule has 1 saturated heterocycles. The molecule has 14 heavy (non-hydrogen) atoms. The molecule has 0 bridgehead atoms. The van der Waals surface area contributed by atoms with Crippen molar-refractivity contribution >= 4 is 6.09 Å². The quantitative estimate of drug-likeness (QED) is 0.634. The summed E-state index contributed by atoms with van der Waals surface area (Å²) in [5, 5.41) is 0. The number of hydrogen-bond acceptors (Lipinski definition) is 2. The molecule has 1 radical (unpaired) electrons. The van der Waals surface area contributed by atoms with Gasteiger partial charge in [0, 0.05) is 32.7 Å². The van der Waals surface area contributed by atoms with Gasteiger partial charge in [-0.1, -0.05) is 6.54 Å². The summed E-state index contributed by atoms with van der Waals surface area (Å²) in [5.41, 5.74) is -0.375. The molecule has 0 aromatic rings. The summed E-state index contributed by atoms with van der Waals surface area (Å²) in [6, 6.07) is 0. The van der Waals surface area contributed by atoms with E-state index in [4.69, 9.17) is 4.74 Å². The summed E-state index contributed by atoms with van der Waals surface area (Å²) in [6.45, 7) is 7.17. The minimum atomic E-state index is -0.375. The predicted molar refractivity (Wildman–Crippen MR) is 53.1 cm³/mol. The van der Waals surface area contributed by atoms with Crippen LogP contribution in [0.3, 0.4) is 0 Å². The van der Waals surface area contributed by atoms with Gasteiger partial charge < -0.3 is 23.5 Å². The second-order valence-electron chi connectivity index (χ2n) is 4.00. The van der Waals surface area contributed by atoms with Crippen molar-refractivity contribution in [3.8, 4) is 0 Å². The maximum atomic E-state index is 11.3. The number of likely N-dealkylation sites (tertiary alicyclic amines) is 1. The molecule has 0 N–H and O–H groups in total. The molecule has 1 rings (SSSR count). The van der Waals surface area contributed by atoms with E-state index in [0.29, 0.717) is 0 Å². The van der Waals surface area contributed by atoms with E-state index in [-0.39, 0.29) is 51.8 Å². The molecule has 0 aromatic carbocycles. The van der Waals surface area contributed by atoms with E-state index < -0.39 is 0 Å². The first-order chi connectivity index (χ1) is 5.49. The van der Waals surface area contributed by atoms with Crippen molar-refractivity contribution in [1.82, 2.24) is 4.90 Å². The van der Waals surface area contributed by atoms with Crippen molar-refractivity contribution in [3.63, 3.8) is 0 Å². The fourth-order valence-electron chi connectivity index (χ4n) is 1.08. The van der Waals surface area contributed by atoms with E-state index in [9.17, 15) is 4.79 Å². The molecule has 1 aliphatic rings. The van der Waals surface area contributed by atoms with Crippen molar-refractivity contribution < 1.29 is 42.2 Å². The Balaban J connectivity index is 0. The number of amides is 1. The van der Waals surface area contributed by atoms with Crippen molar-refractivity contribution in [1.29, 1.82) is 0 Å². The van der Waals surface area contributed by atoms with Crippen molar-refractivity contribution in [2.45, 2.75) is 32.8 Å². The maximum absolute atomic E-state index is 11.3. The van der Waals surface area contributed by atoms with Gasteiger partial charge in [-0.3, -0.25) is 0 Å². The van der Waals surface area contributed by atoms with Crippen molar-refractivity contribution in [2.75, 3.05) is 13.1 Å². The summed E-state index contributed by atoms with van der Waals surface area (Å²) in [7, 11) is 0. The summed E-state index contributed by atoms with van der Waals surface area (Å²) in [6.07, 6.45) is 2.87. The topological polar surface area (TPSA) is 29.5 Å². The Morgan fingerprint density at radius 2 is 2.00 bits per heavy atom. The zero-order valence-corrected chi connectivity index (χ0v) is 12.4. The first-order valence-electron chi connectivity index (χ1n) is 4.28. The largest absolute Gasteiger partial charge is 0.444 e. The van der Waals surface area contributed by atoms with Crippen LogP contribution in [0.4, 0.5) is 4.79 Å². The van der Waals surface area contributed by atoms with Gasteiger partial charge in [0.05, 0.1) is 0 Å². The van der Waals surface area contributed by atoms with Gasteiger partial charge in [0.1, 0.15) is 5.60 Å². The van der Waals surface area contributed by atoms with Crippen LogP contribution < -0.4 is 0 Å². The third kappa shape index (κ3) is 5.97. The fraction of sp³-hybridized carbons (Fsp3) is 0.700. The van der Waals surface area contributed by atoms with Crippen LogP contribution in [0.2, 0.25) is 0 Å². The van der Waals surface area contributed by atoms with E-state index in [1.165, 1.54) is 0 Å². The zero-order valence-electron chi connectivity index (χ0n) is 9.54. The van der Waals surface area contributed by atoms with Gasteiger partial charge in [-0.2, -0.15) is 6.42 Å². The number of ether oxygens (including phenoxy) is 1. The second kappa shape index (κ2) is 6.78. The van der Waals surface area contributed by atoms with Crippen LogP contribution in [0.25, 0.3) is 0 Å². The number of hydrogen-bond donors (Lipinski definition) is 0. The summed E-state index contributed by atoms with van der Waals surface area (Å²) < 4.78 is 5.19. The monoisotopic (exact) mass is 274 g/mol. The van der Waals surface area contributed by atoms with E-state index in [1.54, 1.807) is 4.90 Å². The van der Waals surface area contributed by atoms with Crippen LogP contribution in [0.1, 0.15) is 27.2 Å². The Labute approximate surface area is 112 Å². The maximum Gasteiger partial charge on any atom is 0.407 e. The SMILES string of the molecule is CC(C)(C)OC(=O)N1C[CH-]CC1.[CH3-].[Y]. The third-order valence-electron chi connectivity index (χ3n) is 1.60. The van der Waals surface area contributed by atoms with Gasteiger partial charge in [-0.25, -0.2) is 4.79 Å². The summed E-state index contributed by atoms with van der Waals surface area (Å²) >= 11 is 0. The molecule has 0 saturated carbocycles. The Kier molecular flexibility index (Phi) is 8.14. The molecule has 1 fully saturated rings. The Bertz CT molecular complexity index is 171. The number of carbonyl (C=O) groups excluding carboxylic acids is 1. The van der Waals surface area contributed by atoms with Crippen molar-refractivity contribution in [2.24, 2.45) is 0 Å². The third-order valence-corrected chi connectivity index (χ3v) is 1.60. The number of rotatable bonds is 0. The Morgan fingerprint density at radius 1 is 1.43 bits per heavy atom.